The maximum absolute atomic E-state index is 12.1. The van der Waals surface area contributed by atoms with E-state index in [2.05, 4.69) is 10.5 Å². The molecule has 1 N–H and O–H groups in total. The molecule has 2 aromatic carbocycles. The van der Waals surface area contributed by atoms with Gasteiger partial charge in [-0.05, 0) is 35.4 Å². The van der Waals surface area contributed by atoms with Gasteiger partial charge in [0.15, 0.2) is 0 Å². The van der Waals surface area contributed by atoms with Gasteiger partial charge < -0.3 is 0 Å². The zero-order valence-electron chi connectivity index (χ0n) is 11.3. The Labute approximate surface area is 142 Å². The molecule has 6 heteroatoms. The number of nitrogens with zero attached hydrogens (tertiary/aromatic N) is 1. The lowest BCUT2D eigenvalue weighted by molar-refractivity contribution is -0.122. The summed E-state index contributed by atoms with van der Waals surface area (Å²) in [5.74, 6) is -0.574. The van der Waals surface area contributed by atoms with Gasteiger partial charge in [-0.2, -0.15) is 5.10 Å². The van der Waals surface area contributed by atoms with Crippen LogP contribution in [-0.2, 0) is 4.79 Å². The zero-order valence-corrected chi connectivity index (χ0v) is 13.6. The highest BCUT2D eigenvalue weighted by atomic mass is 35.5. The Morgan fingerprint density at radius 1 is 1.00 bits per heavy atom. The lowest BCUT2D eigenvalue weighted by Gasteiger charge is -2.22. The Balaban J connectivity index is 1.92. The summed E-state index contributed by atoms with van der Waals surface area (Å²) < 4.78 is 0. The zero-order chi connectivity index (χ0) is 15.7. The van der Waals surface area contributed by atoms with Crippen LogP contribution in [0.15, 0.2) is 47.6 Å². The maximum Gasteiger partial charge on any atom is 0.248 e. The summed E-state index contributed by atoms with van der Waals surface area (Å²) in [7, 11) is 0. The van der Waals surface area contributed by atoms with Crippen molar-refractivity contribution in [3.8, 4) is 0 Å². The van der Waals surface area contributed by atoms with Gasteiger partial charge in [-0.1, -0.05) is 53.0 Å². The Kier molecular flexibility index (Phi) is 4.39. The molecule has 0 bridgehead atoms. The molecule has 0 radical (unpaired) electrons. The smallest absolute Gasteiger partial charge is 0.248 e. The van der Waals surface area contributed by atoms with Crippen LogP contribution in [0, 0.1) is 0 Å². The summed E-state index contributed by atoms with van der Waals surface area (Å²) in [6.45, 7) is 0. The third-order valence-electron chi connectivity index (χ3n) is 3.53. The van der Waals surface area contributed by atoms with Gasteiger partial charge in [0.2, 0.25) is 5.91 Å². The fourth-order valence-corrected chi connectivity index (χ4v) is 3.06. The van der Waals surface area contributed by atoms with Crippen LogP contribution in [0.4, 0.5) is 0 Å². The van der Waals surface area contributed by atoms with Crippen LogP contribution in [0.3, 0.4) is 0 Å². The monoisotopic (exact) mass is 352 g/mol. The molecule has 1 aliphatic rings. The quantitative estimate of drug-likeness (QED) is 0.838. The van der Waals surface area contributed by atoms with Crippen molar-refractivity contribution in [1.29, 1.82) is 0 Å². The van der Waals surface area contributed by atoms with Gasteiger partial charge in [-0.25, -0.2) is 5.43 Å². The number of benzene rings is 2. The number of halogens is 3. The molecule has 3 rings (SSSR count). The van der Waals surface area contributed by atoms with Gasteiger partial charge in [-0.15, -0.1) is 0 Å². The van der Waals surface area contributed by atoms with E-state index >= 15 is 0 Å². The molecule has 0 fully saturated rings. The van der Waals surface area contributed by atoms with Crippen molar-refractivity contribution in [3.63, 3.8) is 0 Å². The van der Waals surface area contributed by atoms with E-state index in [0.717, 1.165) is 16.8 Å². The van der Waals surface area contributed by atoms with Crippen LogP contribution in [0.5, 0.6) is 0 Å². The number of amides is 1. The van der Waals surface area contributed by atoms with E-state index in [4.69, 9.17) is 34.8 Å². The van der Waals surface area contributed by atoms with Crippen LogP contribution in [0.2, 0.25) is 15.1 Å². The highest BCUT2D eigenvalue weighted by Crippen LogP contribution is 2.32. The van der Waals surface area contributed by atoms with Gasteiger partial charge in [0.25, 0.3) is 0 Å². The summed E-state index contributed by atoms with van der Waals surface area (Å²) >= 11 is 18.0. The molecule has 0 aliphatic carbocycles. The Morgan fingerprint density at radius 2 is 1.68 bits per heavy atom. The Morgan fingerprint density at radius 3 is 2.36 bits per heavy atom. The first-order valence-corrected chi connectivity index (χ1v) is 7.75. The Bertz CT molecular complexity index is 756. The number of nitrogens with one attached hydrogen (secondary N) is 1. The minimum atomic E-state index is -0.395. The molecular weight excluding hydrogens is 343 g/mol. The van der Waals surface area contributed by atoms with Crippen molar-refractivity contribution < 1.29 is 4.79 Å². The molecule has 0 spiro atoms. The van der Waals surface area contributed by atoms with Crippen LogP contribution >= 0.6 is 34.8 Å². The van der Waals surface area contributed by atoms with Gasteiger partial charge in [0, 0.05) is 21.5 Å². The van der Waals surface area contributed by atoms with Crippen LogP contribution in [-0.4, -0.2) is 11.6 Å². The van der Waals surface area contributed by atoms with E-state index in [1.54, 1.807) is 30.3 Å². The summed E-state index contributed by atoms with van der Waals surface area (Å²) in [5.41, 5.74) is 5.00. The second kappa shape index (κ2) is 6.29. The van der Waals surface area contributed by atoms with E-state index in [-0.39, 0.29) is 5.91 Å². The SMILES string of the molecule is O=C1NN=C(c2ccc(Cl)cc2)CC1c1ccc(Cl)cc1Cl. The van der Waals surface area contributed by atoms with Crippen molar-refractivity contribution in [2.75, 3.05) is 0 Å². The number of rotatable bonds is 2. The molecule has 3 nitrogen and oxygen atoms in total. The molecule has 112 valence electrons. The standard InChI is InChI=1S/C16H11Cl3N2O/c17-10-3-1-9(2-4-10)15-8-13(16(22)21-20-15)12-6-5-11(18)7-14(12)19/h1-7,13H,8H2,(H,21,22). The van der Waals surface area contributed by atoms with Crippen molar-refractivity contribution in [3.05, 3.63) is 68.7 Å². The van der Waals surface area contributed by atoms with Crippen molar-refractivity contribution in [2.45, 2.75) is 12.3 Å². The number of carbonyl (C=O) groups excluding carboxylic acids is 1. The lowest BCUT2D eigenvalue weighted by Crippen LogP contribution is -2.33. The first-order chi connectivity index (χ1) is 10.5. The normalized spacial score (nSPS) is 17.9. The molecular formula is C16H11Cl3N2O. The van der Waals surface area contributed by atoms with E-state index < -0.39 is 5.92 Å². The van der Waals surface area contributed by atoms with Crippen LogP contribution in [0.1, 0.15) is 23.5 Å². The number of carbonyl (C=O) groups is 1. The second-order valence-electron chi connectivity index (χ2n) is 4.96. The lowest BCUT2D eigenvalue weighted by atomic mass is 9.89. The van der Waals surface area contributed by atoms with Crippen molar-refractivity contribution in [1.82, 2.24) is 5.43 Å². The highest BCUT2D eigenvalue weighted by molar-refractivity contribution is 6.35. The fraction of sp³-hybridized carbons (Fsp3) is 0.125. The average molecular weight is 354 g/mol. The number of hydrogen-bond donors (Lipinski definition) is 1. The van der Waals surface area contributed by atoms with Crippen LogP contribution in [0.25, 0.3) is 0 Å². The molecule has 0 saturated carbocycles. The summed E-state index contributed by atoms with van der Waals surface area (Å²) in [6, 6.07) is 12.5. The molecule has 1 amide bonds. The largest absolute Gasteiger partial charge is 0.272 e. The predicted octanol–water partition coefficient (Wildman–Crippen LogP) is 4.65. The van der Waals surface area contributed by atoms with Gasteiger partial charge in [-0.3, -0.25) is 4.79 Å². The molecule has 1 aliphatic heterocycles. The highest BCUT2D eigenvalue weighted by Gasteiger charge is 2.28. The van der Waals surface area contributed by atoms with Gasteiger partial charge in [0.1, 0.15) is 0 Å². The molecule has 1 heterocycles. The van der Waals surface area contributed by atoms with Gasteiger partial charge in [0.05, 0.1) is 11.6 Å². The number of hydrazone groups is 1. The minimum absolute atomic E-state index is 0.179. The first kappa shape index (κ1) is 15.3. The predicted molar refractivity (Wildman–Crippen MR) is 90.0 cm³/mol. The summed E-state index contributed by atoms with van der Waals surface area (Å²) in [4.78, 5) is 12.1. The average Bonchev–Trinajstić information content (AvgIpc) is 2.49. The van der Waals surface area contributed by atoms with Crippen molar-refractivity contribution >= 4 is 46.4 Å². The fourth-order valence-electron chi connectivity index (χ4n) is 2.39. The molecule has 1 atom stereocenters. The topological polar surface area (TPSA) is 41.5 Å². The molecule has 0 aromatic heterocycles. The van der Waals surface area contributed by atoms with Crippen molar-refractivity contribution in [2.24, 2.45) is 5.10 Å². The molecule has 22 heavy (non-hydrogen) atoms. The minimum Gasteiger partial charge on any atom is -0.272 e. The van der Waals surface area contributed by atoms with E-state index in [1.165, 1.54) is 0 Å². The summed E-state index contributed by atoms with van der Waals surface area (Å²) in [6.07, 6.45) is 0.467. The third kappa shape index (κ3) is 3.12. The molecule has 1 unspecified atom stereocenters. The summed E-state index contributed by atoms with van der Waals surface area (Å²) in [5, 5.41) is 5.81. The maximum atomic E-state index is 12.1. The second-order valence-corrected chi connectivity index (χ2v) is 6.24. The first-order valence-electron chi connectivity index (χ1n) is 6.62. The molecule has 2 aromatic rings. The van der Waals surface area contributed by atoms with E-state index in [1.807, 2.05) is 12.1 Å². The Hall–Kier alpha value is -1.55. The van der Waals surface area contributed by atoms with E-state index in [0.29, 0.717) is 21.5 Å². The number of hydrogen-bond acceptors (Lipinski definition) is 2. The third-order valence-corrected chi connectivity index (χ3v) is 4.34. The molecule has 0 saturated heterocycles. The van der Waals surface area contributed by atoms with Crippen LogP contribution < -0.4 is 5.43 Å². The van der Waals surface area contributed by atoms with Gasteiger partial charge >= 0.3 is 0 Å². The van der Waals surface area contributed by atoms with E-state index in [9.17, 15) is 4.79 Å².